The van der Waals surface area contributed by atoms with E-state index in [1.165, 1.54) is 0 Å². The quantitative estimate of drug-likeness (QED) is 0.797. The number of hydrogen-bond donors (Lipinski definition) is 3. The highest BCUT2D eigenvalue weighted by molar-refractivity contribution is 9.10. The summed E-state index contributed by atoms with van der Waals surface area (Å²) in [6, 6.07) is 4.56. The van der Waals surface area contributed by atoms with Crippen molar-refractivity contribution in [2.24, 2.45) is 11.7 Å². The highest BCUT2D eigenvalue weighted by Crippen LogP contribution is 2.30. The summed E-state index contributed by atoms with van der Waals surface area (Å²) in [6.07, 6.45) is 0.212. The maximum absolute atomic E-state index is 9.99. The fraction of sp³-hybridized carbons (Fsp3) is 0.500. The van der Waals surface area contributed by atoms with Gasteiger partial charge in [-0.05, 0) is 18.1 Å². The van der Waals surface area contributed by atoms with Crippen LogP contribution in [-0.2, 0) is 0 Å². The van der Waals surface area contributed by atoms with Gasteiger partial charge in [0.2, 0.25) is 0 Å². The maximum atomic E-state index is 9.99. The fourth-order valence-corrected chi connectivity index (χ4v) is 1.93. The monoisotopic (exact) mass is 287 g/mol. The van der Waals surface area contributed by atoms with Gasteiger partial charge in [-0.2, -0.15) is 0 Å². The van der Waals surface area contributed by atoms with Crippen LogP contribution in [0.3, 0.4) is 0 Å². The molecule has 3 atom stereocenters. The van der Waals surface area contributed by atoms with Gasteiger partial charge in [0.1, 0.15) is 5.75 Å². The van der Waals surface area contributed by atoms with E-state index in [1.54, 1.807) is 18.2 Å². The number of aliphatic hydroxyl groups is 1. The Bertz CT molecular complexity index is 357. The predicted octanol–water partition coefficient (Wildman–Crippen LogP) is 2.56. The smallest absolute Gasteiger partial charge is 0.121 e. The van der Waals surface area contributed by atoms with Crippen LogP contribution in [-0.4, -0.2) is 16.3 Å². The van der Waals surface area contributed by atoms with E-state index in [1.807, 2.05) is 13.8 Å². The number of benzene rings is 1. The minimum Gasteiger partial charge on any atom is -0.508 e. The van der Waals surface area contributed by atoms with Crippen molar-refractivity contribution in [1.82, 2.24) is 0 Å². The van der Waals surface area contributed by atoms with Crippen molar-refractivity contribution in [2.45, 2.75) is 32.4 Å². The number of phenolic OH excluding ortho intramolecular Hbond substituents is 1. The summed E-state index contributed by atoms with van der Waals surface area (Å²) < 4.78 is 0.791. The number of phenols is 1. The Labute approximate surface area is 104 Å². The van der Waals surface area contributed by atoms with Gasteiger partial charge < -0.3 is 15.9 Å². The molecule has 0 saturated heterocycles. The summed E-state index contributed by atoms with van der Waals surface area (Å²) in [5.74, 6) is 0.224. The number of aliphatic hydroxyl groups excluding tert-OH is 1. The summed E-state index contributed by atoms with van der Waals surface area (Å²) in [5.41, 5.74) is 6.52. The average Bonchev–Trinajstić information content (AvgIpc) is 2.26. The van der Waals surface area contributed by atoms with Gasteiger partial charge in [0.25, 0.3) is 0 Å². The highest BCUT2D eigenvalue weighted by atomic mass is 79.9. The lowest BCUT2D eigenvalue weighted by atomic mass is 9.91. The van der Waals surface area contributed by atoms with E-state index < -0.39 is 12.1 Å². The summed E-state index contributed by atoms with van der Waals surface area (Å²) in [4.78, 5) is 0. The minimum absolute atomic E-state index is 0.109. The molecule has 0 bridgehead atoms. The van der Waals surface area contributed by atoms with Gasteiger partial charge >= 0.3 is 0 Å². The van der Waals surface area contributed by atoms with Crippen molar-refractivity contribution in [3.05, 3.63) is 28.2 Å². The number of halogens is 1. The molecule has 0 aromatic heterocycles. The molecule has 1 aromatic rings. The number of rotatable bonds is 4. The van der Waals surface area contributed by atoms with Crippen LogP contribution in [0.4, 0.5) is 0 Å². The highest BCUT2D eigenvalue weighted by Gasteiger charge is 2.23. The lowest BCUT2D eigenvalue weighted by Crippen LogP contribution is -2.31. The van der Waals surface area contributed by atoms with Crippen LogP contribution >= 0.6 is 15.9 Å². The number of hydrogen-bond acceptors (Lipinski definition) is 3. The fourth-order valence-electron chi connectivity index (χ4n) is 1.58. The van der Waals surface area contributed by atoms with E-state index in [0.29, 0.717) is 5.56 Å². The maximum Gasteiger partial charge on any atom is 0.121 e. The Morgan fingerprint density at radius 1 is 1.44 bits per heavy atom. The molecule has 0 amide bonds. The van der Waals surface area contributed by atoms with Crippen LogP contribution in [0.1, 0.15) is 31.9 Å². The first kappa shape index (κ1) is 13.5. The van der Waals surface area contributed by atoms with Crippen LogP contribution in [0.25, 0.3) is 0 Å². The van der Waals surface area contributed by atoms with Crippen LogP contribution in [0.5, 0.6) is 5.75 Å². The van der Waals surface area contributed by atoms with E-state index in [-0.39, 0.29) is 11.7 Å². The van der Waals surface area contributed by atoms with Crippen molar-refractivity contribution in [2.75, 3.05) is 0 Å². The Morgan fingerprint density at radius 2 is 2.06 bits per heavy atom. The van der Waals surface area contributed by atoms with Crippen LogP contribution in [0.2, 0.25) is 0 Å². The SMILES string of the molecule is CCC(C)[C@H](O)[C@H](N)c1ccc(Br)cc1O. The van der Waals surface area contributed by atoms with Gasteiger partial charge in [0.05, 0.1) is 12.1 Å². The lowest BCUT2D eigenvalue weighted by Gasteiger charge is -2.24. The standard InChI is InChI=1S/C12H18BrNO2/c1-3-7(2)12(16)11(14)9-5-4-8(13)6-10(9)15/h4-7,11-12,15-16H,3,14H2,1-2H3/t7?,11-,12+/m1/s1. The van der Waals surface area contributed by atoms with Crippen molar-refractivity contribution >= 4 is 15.9 Å². The van der Waals surface area contributed by atoms with Gasteiger partial charge in [0.15, 0.2) is 0 Å². The predicted molar refractivity (Wildman–Crippen MR) is 68.2 cm³/mol. The zero-order valence-electron chi connectivity index (χ0n) is 9.52. The molecule has 0 radical (unpaired) electrons. The molecule has 4 N–H and O–H groups in total. The average molecular weight is 288 g/mol. The van der Waals surface area contributed by atoms with Crippen molar-refractivity contribution < 1.29 is 10.2 Å². The second-order valence-corrected chi connectivity index (χ2v) is 5.02. The molecule has 90 valence electrons. The topological polar surface area (TPSA) is 66.5 Å². The van der Waals surface area contributed by atoms with E-state index in [2.05, 4.69) is 15.9 Å². The molecule has 0 aliphatic heterocycles. The molecule has 1 rings (SSSR count). The molecule has 0 aliphatic carbocycles. The molecular weight excluding hydrogens is 270 g/mol. The number of nitrogens with two attached hydrogens (primary N) is 1. The van der Waals surface area contributed by atoms with Gasteiger partial charge in [-0.3, -0.25) is 0 Å². The molecule has 0 aliphatic rings. The molecule has 0 heterocycles. The zero-order valence-corrected chi connectivity index (χ0v) is 11.1. The largest absolute Gasteiger partial charge is 0.508 e. The van der Waals surface area contributed by atoms with Gasteiger partial charge in [-0.25, -0.2) is 0 Å². The third-order valence-electron chi connectivity index (χ3n) is 2.95. The Kier molecular flexibility index (Phi) is 4.77. The molecule has 4 heteroatoms. The molecule has 1 unspecified atom stereocenters. The first-order valence-corrected chi connectivity index (χ1v) is 6.18. The van der Waals surface area contributed by atoms with E-state index in [9.17, 15) is 10.2 Å². The summed E-state index contributed by atoms with van der Waals surface area (Å²) >= 11 is 3.26. The van der Waals surface area contributed by atoms with E-state index in [4.69, 9.17) is 5.73 Å². The van der Waals surface area contributed by atoms with Crippen molar-refractivity contribution in [3.63, 3.8) is 0 Å². The Hall–Kier alpha value is -0.580. The van der Waals surface area contributed by atoms with Gasteiger partial charge in [0, 0.05) is 10.0 Å². The van der Waals surface area contributed by atoms with Gasteiger partial charge in [-0.15, -0.1) is 0 Å². The lowest BCUT2D eigenvalue weighted by molar-refractivity contribution is 0.0871. The second kappa shape index (κ2) is 5.66. The molecule has 16 heavy (non-hydrogen) atoms. The molecule has 0 fully saturated rings. The molecule has 1 aromatic carbocycles. The van der Waals surface area contributed by atoms with Crippen LogP contribution in [0.15, 0.2) is 22.7 Å². The van der Waals surface area contributed by atoms with Crippen LogP contribution in [0, 0.1) is 5.92 Å². The summed E-state index contributed by atoms with van der Waals surface area (Å²) in [5, 5.41) is 19.7. The summed E-state index contributed by atoms with van der Waals surface area (Å²) in [6.45, 7) is 3.95. The Morgan fingerprint density at radius 3 is 2.56 bits per heavy atom. The van der Waals surface area contributed by atoms with E-state index >= 15 is 0 Å². The molecule has 0 saturated carbocycles. The third kappa shape index (κ3) is 2.97. The molecular formula is C12H18BrNO2. The zero-order chi connectivity index (χ0) is 12.3. The minimum atomic E-state index is -0.642. The first-order valence-electron chi connectivity index (χ1n) is 5.39. The molecule has 3 nitrogen and oxygen atoms in total. The first-order chi connectivity index (χ1) is 7.47. The van der Waals surface area contributed by atoms with E-state index in [0.717, 1.165) is 10.9 Å². The number of aromatic hydroxyl groups is 1. The van der Waals surface area contributed by atoms with Crippen molar-refractivity contribution in [1.29, 1.82) is 0 Å². The summed E-state index contributed by atoms with van der Waals surface area (Å²) in [7, 11) is 0. The molecule has 0 spiro atoms. The third-order valence-corrected chi connectivity index (χ3v) is 3.44. The Balaban J connectivity index is 2.91. The van der Waals surface area contributed by atoms with Gasteiger partial charge in [-0.1, -0.05) is 42.3 Å². The normalized spacial score (nSPS) is 16.8. The second-order valence-electron chi connectivity index (χ2n) is 4.11. The van der Waals surface area contributed by atoms with Crippen LogP contribution < -0.4 is 5.73 Å². The van der Waals surface area contributed by atoms with Crippen molar-refractivity contribution in [3.8, 4) is 5.75 Å².